The van der Waals surface area contributed by atoms with Crippen molar-refractivity contribution < 1.29 is 24.4 Å². The van der Waals surface area contributed by atoms with Crippen molar-refractivity contribution in [2.75, 3.05) is 13.2 Å². The van der Waals surface area contributed by atoms with Crippen LogP contribution in [0.15, 0.2) is 0 Å². The van der Waals surface area contributed by atoms with Crippen LogP contribution in [-0.2, 0) is 14.2 Å². The van der Waals surface area contributed by atoms with Gasteiger partial charge in [-0.1, -0.05) is 142 Å². The van der Waals surface area contributed by atoms with Gasteiger partial charge in [-0.25, -0.2) is 0 Å². The van der Waals surface area contributed by atoms with Crippen molar-refractivity contribution in [3.05, 3.63) is 0 Å². The average molecular weight is 617 g/mol. The van der Waals surface area contributed by atoms with E-state index in [-0.39, 0.29) is 13.2 Å². The van der Waals surface area contributed by atoms with Gasteiger partial charge >= 0.3 is 0 Å². The normalized spacial score (nSPS) is 20.7. The van der Waals surface area contributed by atoms with Gasteiger partial charge in [0.05, 0.1) is 13.2 Å². The minimum absolute atomic E-state index is 0.177. The summed E-state index contributed by atoms with van der Waals surface area (Å²) in [6.07, 6.45) is 26.7. The molecule has 0 amide bonds. The molecule has 41 heavy (non-hydrogen) atoms. The molecule has 5 nitrogen and oxygen atoms in total. The molecule has 0 aromatic rings. The Bertz CT molecular complexity index is 632. The average Bonchev–Trinajstić information content (AvgIpc) is 2.96. The van der Waals surface area contributed by atoms with Crippen LogP contribution < -0.4 is 0 Å². The molecule has 0 spiro atoms. The van der Waals surface area contributed by atoms with Gasteiger partial charge in [0.2, 0.25) is 0 Å². The van der Waals surface area contributed by atoms with Crippen molar-refractivity contribution >= 4 is 34.5 Å². The molecule has 1 saturated heterocycles. The van der Waals surface area contributed by atoms with E-state index in [0.717, 1.165) is 25.7 Å². The van der Waals surface area contributed by atoms with E-state index in [1.165, 1.54) is 116 Å². The molecule has 0 aliphatic carbocycles. The molecule has 1 aliphatic rings. The Kier molecular flexibility index (Phi) is 25.7. The smallest absolute Gasteiger partial charge is 0.160 e. The van der Waals surface area contributed by atoms with Crippen molar-refractivity contribution in [2.45, 2.75) is 192 Å². The monoisotopic (exact) mass is 616 g/mol. The number of aliphatic hydroxyl groups is 2. The van der Waals surface area contributed by atoms with Gasteiger partial charge in [-0.15, -0.1) is 0 Å². The van der Waals surface area contributed by atoms with Gasteiger partial charge in [-0.3, -0.25) is 0 Å². The molecule has 242 valence electrons. The highest BCUT2D eigenvalue weighted by atomic mass is 32.1. The van der Waals surface area contributed by atoms with Crippen LogP contribution in [0.4, 0.5) is 0 Å². The van der Waals surface area contributed by atoms with Gasteiger partial charge in [0.15, 0.2) is 22.3 Å². The summed E-state index contributed by atoms with van der Waals surface area (Å²) >= 11 is 10.9. The highest BCUT2D eigenvalue weighted by Crippen LogP contribution is 2.23. The van der Waals surface area contributed by atoms with Crippen LogP contribution in [0.2, 0.25) is 0 Å². The first-order valence-electron chi connectivity index (χ1n) is 17.3. The molecule has 0 unspecified atom stereocenters. The molecule has 1 fully saturated rings. The second kappa shape index (κ2) is 27.2. The van der Waals surface area contributed by atoms with Gasteiger partial charge in [-0.2, -0.15) is 0 Å². The van der Waals surface area contributed by atoms with Crippen LogP contribution in [0, 0.1) is 0 Å². The zero-order chi connectivity index (χ0) is 30.0. The van der Waals surface area contributed by atoms with Crippen molar-refractivity contribution in [3.63, 3.8) is 0 Å². The Balaban J connectivity index is 2.18. The van der Waals surface area contributed by atoms with Gasteiger partial charge in [-0.05, 0) is 37.3 Å². The summed E-state index contributed by atoms with van der Waals surface area (Å²) in [6.45, 7) is 4.46. The second-order valence-corrected chi connectivity index (χ2v) is 13.0. The maximum Gasteiger partial charge on any atom is 0.160 e. The fraction of sp³-hybridized carbons (Fsp3) is 0.941. The summed E-state index contributed by atoms with van der Waals surface area (Å²) in [6, 6.07) is 0. The van der Waals surface area contributed by atoms with Crippen molar-refractivity contribution in [1.29, 1.82) is 0 Å². The first-order chi connectivity index (χ1) is 20.0. The molecule has 0 aromatic carbocycles. The minimum Gasteiger partial charge on any atom is -0.479 e. The van der Waals surface area contributed by atoms with E-state index in [4.69, 9.17) is 38.6 Å². The fourth-order valence-corrected chi connectivity index (χ4v) is 6.08. The Hall–Kier alpha value is -0.340. The SMILES string of the molecule is CCCCCCCCCCCCCC(=S)O[C@@H]1[C@@H](O)[C@H](OC(=S)CCCCCCCCCCCCC)CO[C@H]1CO. The molecule has 4 atom stereocenters. The number of ether oxygens (including phenoxy) is 3. The van der Waals surface area contributed by atoms with Crippen LogP contribution in [0.3, 0.4) is 0 Å². The number of unbranched alkanes of at least 4 members (excludes halogenated alkanes) is 20. The lowest BCUT2D eigenvalue weighted by atomic mass is 10.00. The third-order valence-corrected chi connectivity index (χ3v) is 8.86. The maximum atomic E-state index is 11.0. The summed E-state index contributed by atoms with van der Waals surface area (Å²) in [5.41, 5.74) is 0. The lowest BCUT2D eigenvalue weighted by Crippen LogP contribution is -2.56. The van der Waals surface area contributed by atoms with Gasteiger partial charge < -0.3 is 24.4 Å². The summed E-state index contributed by atoms with van der Waals surface area (Å²) in [7, 11) is 0. The fourth-order valence-electron chi connectivity index (χ4n) is 5.55. The van der Waals surface area contributed by atoms with Crippen LogP contribution in [0.5, 0.6) is 0 Å². The summed E-state index contributed by atoms with van der Waals surface area (Å²) < 4.78 is 17.6. The van der Waals surface area contributed by atoms with Crippen LogP contribution in [0.1, 0.15) is 168 Å². The third-order valence-electron chi connectivity index (χ3n) is 8.26. The maximum absolute atomic E-state index is 11.0. The van der Waals surface area contributed by atoms with E-state index >= 15 is 0 Å². The Morgan fingerprint density at radius 3 is 1.37 bits per heavy atom. The molecule has 1 aliphatic heterocycles. The minimum atomic E-state index is -0.952. The Morgan fingerprint density at radius 1 is 0.610 bits per heavy atom. The zero-order valence-electron chi connectivity index (χ0n) is 26.6. The zero-order valence-corrected chi connectivity index (χ0v) is 28.3. The van der Waals surface area contributed by atoms with Gasteiger partial charge in [0.1, 0.15) is 12.2 Å². The molecule has 1 heterocycles. The first-order valence-corrected chi connectivity index (χ1v) is 18.1. The molecule has 1 rings (SSSR count). The van der Waals surface area contributed by atoms with E-state index in [0.29, 0.717) is 22.9 Å². The Labute approximate surface area is 263 Å². The lowest BCUT2D eigenvalue weighted by Gasteiger charge is -2.39. The molecule has 0 saturated carbocycles. The number of hydrogen-bond acceptors (Lipinski definition) is 7. The number of hydrogen-bond donors (Lipinski definition) is 2. The predicted octanol–water partition coefficient (Wildman–Crippen LogP) is 9.57. The third kappa shape index (κ3) is 20.3. The standard InChI is InChI=1S/C34H64O5S2/c1-3-5-7-9-11-13-15-17-19-21-23-25-31(40)38-30-28-37-29(27-35)34(33(30)36)39-32(41)26-24-22-20-18-16-14-12-10-8-6-4-2/h29-30,33-36H,3-28H2,1-2H3/t29-,30+,33-,34-/m0/s1. The topological polar surface area (TPSA) is 68.2 Å². The summed E-state index contributed by atoms with van der Waals surface area (Å²) in [4.78, 5) is 0. The van der Waals surface area contributed by atoms with Crippen LogP contribution >= 0.6 is 24.4 Å². The number of aliphatic hydroxyl groups excluding tert-OH is 2. The van der Waals surface area contributed by atoms with Crippen LogP contribution in [-0.4, -0.2) is 57.9 Å². The number of thiocarbonyl (C=S) groups is 2. The molecule has 0 aromatic heterocycles. The molecule has 2 N–H and O–H groups in total. The van der Waals surface area contributed by atoms with Gasteiger partial charge in [0, 0.05) is 12.8 Å². The van der Waals surface area contributed by atoms with Gasteiger partial charge in [0.25, 0.3) is 0 Å². The predicted molar refractivity (Wildman–Crippen MR) is 180 cm³/mol. The van der Waals surface area contributed by atoms with Crippen LogP contribution in [0.25, 0.3) is 0 Å². The largest absolute Gasteiger partial charge is 0.479 e. The molecular formula is C34H64O5S2. The Morgan fingerprint density at radius 2 is 0.976 bits per heavy atom. The lowest BCUT2D eigenvalue weighted by molar-refractivity contribution is -0.186. The van der Waals surface area contributed by atoms with Crippen molar-refractivity contribution in [3.8, 4) is 0 Å². The molecule has 7 heteroatoms. The highest BCUT2D eigenvalue weighted by Gasteiger charge is 2.42. The first kappa shape index (κ1) is 38.7. The van der Waals surface area contributed by atoms with Crippen molar-refractivity contribution in [2.24, 2.45) is 0 Å². The van der Waals surface area contributed by atoms with Crippen molar-refractivity contribution in [1.82, 2.24) is 0 Å². The molecule has 0 radical (unpaired) electrons. The summed E-state index contributed by atoms with van der Waals surface area (Å²) in [5.74, 6) is 0. The van der Waals surface area contributed by atoms with E-state index < -0.39 is 24.4 Å². The molecular weight excluding hydrogens is 553 g/mol. The summed E-state index contributed by atoms with van der Waals surface area (Å²) in [5, 5.41) is 21.7. The molecule has 0 bridgehead atoms. The van der Waals surface area contributed by atoms with E-state index in [1.54, 1.807) is 0 Å². The van der Waals surface area contributed by atoms with E-state index in [1.807, 2.05) is 0 Å². The van der Waals surface area contributed by atoms with E-state index in [2.05, 4.69) is 13.8 Å². The van der Waals surface area contributed by atoms with E-state index in [9.17, 15) is 10.2 Å². The number of rotatable bonds is 27. The quantitative estimate of drug-likeness (QED) is 0.0703. The second-order valence-electron chi connectivity index (χ2n) is 12.1. The highest BCUT2D eigenvalue weighted by molar-refractivity contribution is 7.80.